The van der Waals surface area contributed by atoms with E-state index in [9.17, 15) is 9.59 Å². The van der Waals surface area contributed by atoms with Crippen molar-refractivity contribution in [3.8, 4) is 0 Å². The Morgan fingerprint density at radius 1 is 1.11 bits per heavy atom. The molecule has 148 valence electrons. The molecular weight excluding hydrogens is 352 g/mol. The van der Waals surface area contributed by atoms with Gasteiger partial charge in [0.25, 0.3) is 0 Å². The lowest BCUT2D eigenvalue weighted by Crippen LogP contribution is -2.41. The number of anilines is 2. The molecule has 2 heterocycles. The molecule has 1 fully saturated rings. The number of hydrogen-bond donors (Lipinski definition) is 2. The molecule has 6 nitrogen and oxygen atoms in total. The largest absolute Gasteiger partial charge is 0.370 e. The number of nitrogens with one attached hydrogen (secondary N) is 2. The molecule has 1 saturated heterocycles. The highest BCUT2D eigenvalue weighted by molar-refractivity contribution is 6.39. The fourth-order valence-corrected chi connectivity index (χ4v) is 3.39. The van der Waals surface area contributed by atoms with E-state index in [-0.39, 0.29) is 0 Å². The molecule has 0 saturated carbocycles. The molecule has 1 aliphatic rings. The summed E-state index contributed by atoms with van der Waals surface area (Å²) in [5.41, 5.74) is 2.96. The summed E-state index contributed by atoms with van der Waals surface area (Å²) in [5.74, 6) is -0.389. The van der Waals surface area contributed by atoms with Crippen LogP contribution in [0.2, 0.25) is 0 Å². The highest BCUT2D eigenvalue weighted by Gasteiger charge is 2.21. The minimum absolute atomic E-state index is 0.384. The van der Waals surface area contributed by atoms with Crippen LogP contribution < -0.4 is 15.5 Å². The van der Waals surface area contributed by atoms with Crippen LogP contribution in [0.3, 0.4) is 0 Å². The summed E-state index contributed by atoms with van der Waals surface area (Å²) < 4.78 is 0. The first-order valence-corrected chi connectivity index (χ1v) is 9.87. The van der Waals surface area contributed by atoms with Gasteiger partial charge in [0.2, 0.25) is 0 Å². The van der Waals surface area contributed by atoms with Crippen LogP contribution in [0.1, 0.15) is 38.2 Å². The molecule has 2 amide bonds. The van der Waals surface area contributed by atoms with E-state index < -0.39 is 11.8 Å². The highest BCUT2D eigenvalue weighted by Crippen LogP contribution is 2.22. The molecule has 1 aromatic carbocycles. The van der Waals surface area contributed by atoms with Crippen molar-refractivity contribution in [2.75, 3.05) is 29.9 Å². The molecule has 0 atom stereocenters. The summed E-state index contributed by atoms with van der Waals surface area (Å²) >= 11 is 0. The normalized spacial score (nSPS) is 14.8. The summed E-state index contributed by atoms with van der Waals surface area (Å²) in [7, 11) is 0. The van der Waals surface area contributed by atoms with Gasteiger partial charge in [0.1, 0.15) is 0 Å². The zero-order chi connectivity index (χ0) is 19.9. The maximum absolute atomic E-state index is 12.1. The number of benzene rings is 1. The van der Waals surface area contributed by atoms with E-state index in [0.29, 0.717) is 24.1 Å². The van der Waals surface area contributed by atoms with Gasteiger partial charge in [-0.1, -0.05) is 26.0 Å². The monoisotopic (exact) mass is 380 g/mol. The Labute approximate surface area is 166 Å². The van der Waals surface area contributed by atoms with Gasteiger partial charge < -0.3 is 15.5 Å². The fourth-order valence-electron chi connectivity index (χ4n) is 3.39. The van der Waals surface area contributed by atoms with Crippen molar-refractivity contribution in [3.63, 3.8) is 0 Å². The van der Waals surface area contributed by atoms with E-state index >= 15 is 0 Å². The zero-order valence-electron chi connectivity index (χ0n) is 16.5. The van der Waals surface area contributed by atoms with Crippen LogP contribution in [0.4, 0.5) is 11.4 Å². The van der Waals surface area contributed by atoms with Crippen LogP contribution in [-0.4, -0.2) is 36.4 Å². The van der Waals surface area contributed by atoms with Crippen molar-refractivity contribution in [1.82, 2.24) is 10.3 Å². The number of nitrogens with zero attached hydrogens (tertiary/aromatic N) is 2. The second-order valence-corrected chi connectivity index (χ2v) is 7.58. The van der Waals surface area contributed by atoms with Gasteiger partial charge >= 0.3 is 11.8 Å². The third-order valence-electron chi connectivity index (χ3n) is 5.22. The third kappa shape index (κ3) is 5.31. The first-order valence-electron chi connectivity index (χ1n) is 9.87. The molecular formula is C22H28N4O2. The lowest BCUT2D eigenvalue weighted by Gasteiger charge is -2.33. The molecule has 0 unspecified atom stereocenters. The number of hydrogen-bond acceptors (Lipinski definition) is 4. The summed E-state index contributed by atoms with van der Waals surface area (Å²) in [6, 6.07) is 11.6. The predicted octanol–water partition coefficient (Wildman–Crippen LogP) is 3.18. The summed E-state index contributed by atoms with van der Waals surface area (Å²) in [6.07, 6.45) is 5.61. The number of aromatic nitrogens is 1. The van der Waals surface area contributed by atoms with Gasteiger partial charge in [0, 0.05) is 31.5 Å². The van der Waals surface area contributed by atoms with Gasteiger partial charge in [-0.3, -0.25) is 14.6 Å². The molecule has 3 rings (SSSR count). The number of amides is 2. The van der Waals surface area contributed by atoms with E-state index in [1.165, 1.54) is 5.56 Å². The Morgan fingerprint density at radius 3 is 2.43 bits per heavy atom. The molecule has 6 heteroatoms. The van der Waals surface area contributed by atoms with Gasteiger partial charge in [0.05, 0.1) is 11.9 Å². The average Bonchev–Trinajstić information content (AvgIpc) is 2.73. The number of carbonyl (C=O) groups excluding carboxylic acids is 2. The molecule has 0 aliphatic carbocycles. The molecule has 2 aromatic rings. The average molecular weight is 380 g/mol. The standard InChI is InChI=1S/C22H28N4O2/c1-16(2)18-5-7-19(8-6-18)25-22(28)21(27)24-14-17-9-12-26(13-10-17)20-4-3-11-23-15-20/h3-8,11,15-17H,9-10,12-14H2,1-2H3,(H,24,27)(H,25,28). The molecule has 2 N–H and O–H groups in total. The van der Waals surface area contributed by atoms with E-state index in [1.54, 1.807) is 6.20 Å². The lowest BCUT2D eigenvalue weighted by atomic mass is 9.96. The Bertz CT molecular complexity index is 782. The minimum atomic E-state index is -0.620. The maximum atomic E-state index is 12.1. The van der Waals surface area contributed by atoms with Crippen LogP contribution in [0.15, 0.2) is 48.8 Å². The van der Waals surface area contributed by atoms with E-state index in [0.717, 1.165) is 31.6 Å². The molecule has 28 heavy (non-hydrogen) atoms. The zero-order valence-corrected chi connectivity index (χ0v) is 16.5. The van der Waals surface area contributed by atoms with Crippen LogP contribution in [0, 0.1) is 5.92 Å². The summed E-state index contributed by atoms with van der Waals surface area (Å²) in [4.78, 5) is 30.7. The summed E-state index contributed by atoms with van der Waals surface area (Å²) in [5, 5.41) is 5.43. The molecule has 0 radical (unpaired) electrons. The Hall–Kier alpha value is -2.89. The smallest absolute Gasteiger partial charge is 0.313 e. The van der Waals surface area contributed by atoms with Gasteiger partial charge in [0.15, 0.2) is 0 Å². The number of rotatable bonds is 5. The maximum Gasteiger partial charge on any atom is 0.313 e. The van der Waals surface area contributed by atoms with Gasteiger partial charge in [-0.2, -0.15) is 0 Å². The predicted molar refractivity (Wildman–Crippen MR) is 111 cm³/mol. The van der Waals surface area contributed by atoms with Crippen LogP contribution in [-0.2, 0) is 9.59 Å². The van der Waals surface area contributed by atoms with Crippen LogP contribution >= 0.6 is 0 Å². The Morgan fingerprint density at radius 2 is 1.82 bits per heavy atom. The third-order valence-corrected chi connectivity index (χ3v) is 5.22. The SMILES string of the molecule is CC(C)c1ccc(NC(=O)C(=O)NCC2CCN(c3cccnc3)CC2)cc1. The molecule has 1 aromatic heterocycles. The van der Waals surface area contributed by atoms with E-state index in [4.69, 9.17) is 0 Å². The second-order valence-electron chi connectivity index (χ2n) is 7.58. The highest BCUT2D eigenvalue weighted by atomic mass is 16.2. The van der Waals surface area contributed by atoms with E-state index in [2.05, 4.69) is 40.4 Å². The number of carbonyl (C=O) groups is 2. The molecule has 0 bridgehead atoms. The van der Waals surface area contributed by atoms with Gasteiger partial charge in [-0.25, -0.2) is 0 Å². The first-order chi connectivity index (χ1) is 13.5. The Balaban J connectivity index is 1.41. The summed E-state index contributed by atoms with van der Waals surface area (Å²) in [6.45, 7) is 6.62. The fraction of sp³-hybridized carbons (Fsp3) is 0.409. The first kappa shape index (κ1) is 19.9. The number of piperidine rings is 1. The van der Waals surface area contributed by atoms with Gasteiger partial charge in [-0.05, 0) is 54.5 Å². The quantitative estimate of drug-likeness (QED) is 0.782. The Kier molecular flexibility index (Phi) is 6.63. The van der Waals surface area contributed by atoms with Gasteiger partial charge in [-0.15, -0.1) is 0 Å². The van der Waals surface area contributed by atoms with Crippen LogP contribution in [0.25, 0.3) is 0 Å². The van der Waals surface area contributed by atoms with Crippen LogP contribution in [0.5, 0.6) is 0 Å². The van der Waals surface area contributed by atoms with Crippen molar-refractivity contribution < 1.29 is 9.59 Å². The molecule has 0 spiro atoms. The van der Waals surface area contributed by atoms with Crippen molar-refractivity contribution in [2.45, 2.75) is 32.6 Å². The van der Waals surface area contributed by atoms with Crippen molar-refractivity contribution in [3.05, 3.63) is 54.4 Å². The van der Waals surface area contributed by atoms with Crippen molar-refractivity contribution in [2.24, 2.45) is 5.92 Å². The van der Waals surface area contributed by atoms with Crippen molar-refractivity contribution >= 4 is 23.2 Å². The minimum Gasteiger partial charge on any atom is -0.370 e. The number of pyridine rings is 1. The van der Waals surface area contributed by atoms with E-state index in [1.807, 2.05) is 36.5 Å². The lowest BCUT2D eigenvalue weighted by molar-refractivity contribution is -0.136. The molecule has 1 aliphatic heterocycles. The topological polar surface area (TPSA) is 74.3 Å². The second kappa shape index (κ2) is 9.35. The van der Waals surface area contributed by atoms with Crippen molar-refractivity contribution in [1.29, 1.82) is 0 Å².